The maximum Gasteiger partial charge on any atom is 0.170 e. The summed E-state index contributed by atoms with van der Waals surface area (Å²) in [7, 11) is -1.20. The number of hydrogen-bond acceptors (Lipinski definition) is 9. The number of methoxy groups -OCH3 is 2. The fourth-order valence-corrected chi connectivity index (χ4v) is 5.51. The van der Waals surface area contributed by atoms with E-state index in [0.29, 0.717) is 28.6 Å². The van der Waals surface area contributed by atoms with Gasteiger partial charge in [0.05, 0.1) is 37.2 Å². The van der Waals surface area contributed by atoms with Crippen LogP contribution in [0.1, 0.15) is 35.5 Å². The first-order valence-electron chi connectivity index (χ1n) is 11.8. The summed E-state index contributed by atoms with van der Waals surface area (Å²) in [6, 6.07) is 12.2. The number of benzene rings is 2. The van der Waals surface area contributed by atoms with Crippen LogP contribution in [0.2, 0.25) is 0 Å². The minimum atomic E-state index is -4.14. The second kappa shape index (κ2) is 11.2. The molecule has 0 bridgehead atoms. The summed E-state index contributed by atoms with van der Waals surface area (Å²) in [5.41, 5.74) is 1.62. The number of aryl methyl sites for hydroxylation is 1. The molecule has 0 fully saturated rings. The Morgan fingerprint density at radius 3 is 2.38 bits per heavy atom. The van der Waals surface area contributed by atoms with Crippen LogP contribution in [0.3, 0.4) is 0 Å². The van der Waals surface area contributed by atoms with E-state index in [-0.39, 0.29) is 17.0 Å². The summed E-state index contributed by atoms with van der Waals surface area (Å²) < 4.78 is 54.3. The van der Waals surface area contributed by atoms with Crippen LogP contribution in [0.15, 0.2) is 54.9 Å². The van der Waals surface area contributed by atoms with Crippen LogP contribution in [-0.2, 0) is 15.6 Å². The Kier molecular flexibility index (Phi) is 7.94. The van der Waals surface area contributed by atoms with E-state index in [1.54, 1.807) is 36.7 Å². The number of aliphatic hydroxyl groups excluding tert-OH is 1. The van der Waals surface area contributed by atoms with E-state index < -0.39 is 32.8 Å². The molecule has 0 spiro atoms. The predicted molar refractivity (Wildman–Crippen MR) is 141 cm³/mol. The third kappa shape index (κ3) is 5.45. The molecule has 0 saturated carbocycles. The van der Waals surface area contributed by atoms with E-state index >= 15 is 0 Å². The first-order valence-corrected chi connectivity index (χ1v) is 13.5. The summed E-state index contributed by atoms with van der Waals surface area (Å²) in [4.78, 5) is 4.22. The average Bonchev–Trinajstić information content (AvgIpc) is 3.33. The molecule has 0 aliphatic heterocycles. The van der Waals surface area contributed by atoms with Crippen molar-refractivity contribution < 1.29 is 27.4 Å². The van der Waals surface area contributed by atoms with Gasteiger partial charge in [-0.1, -0.05) is 12.1 Å². The highest BCUT2D eigenvalue weighted by atomic mass is 32.2. The Balaban J connectivity index is 1.83. The van der Waals surface area contributed by atoms with Crippen LogP contribution in [0.25, 0.3) is 17.1 Å². The second-order valence-electron chi connectivity index (χ2n) is 8.84. The lowest BCUT2D eigenvalue weighted by molar-refractivity contribution is 0.171. The molecule has 2 atom stereocenters. The van der Waals surface area contributed by atoms with E-state index in [4.69, 9.17) is 14.7 Å². The number of nitrogens with zero attached hydrogens (tertiary/aromatic N) is 5. The first-order chi connectivity index (χ1) is 18.6. The van der Waals surface area contributed by atoms with Gasteiger partial charge in [-0.25, -0.2) is 12.8 Å². The lowest BCUT2D eigenvalue weighted by Crippen LogP contribution is -2.28. The van der Waals surface area contributed by atoms with Gasteiger partial charge in [0, 0.05) is 23.5 Å². The molecule has 39 heavy (non-hydrogen) atoms. The molecule has 0 unspecified atom stereocenters. The van der Waals surface area contributed by atoms with Gasteiger partial charge in [-0.2, -0.15) is 5.26 Å². The number of aromatic nitrogens is 4. The summed E-state index contributed by atoms with van der Waals surface area (Å²) in [6.45, 7) is 3.14. The van der Waals surface area contributed by atoms with Crippen molar-refractivity contribution in [2.75, 3.05) is 14.2 Å². The van der Waals surface area contributed by atoms with Gasteiger partial charge in [0.25, 0.3) is 0 Å². The first kappa shape index (κ1) is 27.7. The molecule has 10 nitrogen and oxygen atoms in total. The fourth-order valence-electron chi connectivity index (χ4n) is 4.16. The van der Waals surface area contributed by atoms with E-state index in [0.717, 1.165) is 11.6 Å². The lowest BCUT2D eigenvalue weighted by Gasteiger charge is -2.21. The number of rotatable bonds is 9. The molecule has 0 saturated heterocycles. The van der Waals surface area contributed by atoms with Crippen LogP contribution in [0.5, 0.6) is 11.5 Å². The largest absolute Gasteiger partial charge is 0.494 e. The number of hydrogen-bond donors (Lipinski definition) is 1. The Bertz CT molecular complexity index is 1640. The standard InChI is InChI=1S/C27H26FN5O5S/c1-16-10-19(14-30-13-16)27-32-31-24(33(27)25-22(37-3)6-5-7-23(25)38-4)15-39(35,36)17(2)26(34)20-9-8-18(12-29)11-21(20)28/h5-11,13-14,17,26,34H,15H2,1-4H3/t17-,26+/m0/s1. The zero-order valence-corrected chi connectivity index (χ0v) is 22.5. The quantitative estimate of drug-likeness (QED) is 0.330. The third-order valence-electron chi connectivity index (χ3n) is 6.28. The highest BCUT2D eigenvalue weighted by molar-refractivity contribution is 7.91. The second-order valence-corrected chi connectivity index (χ2v) is 11.2. The van der Waals surface area contributed by atoms with E-state index in [2.05, 4.69) is 15.2 Å². The van der Waals surface area contributed by atoms with Gasteiger partial charge in [-0.15, -0.1) is 10.2 Å². The number of halogens is 1. The van der Waals surface area contributed by atoms with Crippen LogP contribution in [0.4, 0.5) is 4.39 Å². The van der Waals surface area contributed by atoms with Crippen molar-refractivity contribution >= 4 is 9.84 Å². The lowest BCUT2D eigenvalue weighted by atomic mass is 10.0. The fraction of sp³-hybridized carbons (Fsp3) is 0.259. The molecule has 4 aromatic rings. The molecule has 2 heterocycles. The zero-order chi connectivity index (χ0) is 28.3. The van der Waals surface area contributed by atoms with Gasteiger partial charge >= 0.3 is 0 Å². The maximum absolute atomic E-state index is 14.6. The van der Waals surface area contributed by atoms with Crippen molar-refractivity contribution in [3.63, 3.8) is 0 Å². The van der Waals surface area contributed by atoms with Crippen molar-refractivity contribution in [3.05, 3.63) is 83.2 Å². The van der Waals surface area contributed by atoms with Gasteiger partial charge in [-0.05, 0) is 49.7 Å². The summed E-state index contributed by atoms with van der Waals surface area (Å²) in [6.07, 6.45) is 1.55. The minimum absolute atomic E-state index is 0.0219. The molecule has 2 aromatic heterocycles. The SMILES string of the molecule is COc1cccc(OC)c1-n1c(CS(=O)(=O)[C@@H](C)[C@@H](O)c2ccc(C#N)cc2F)nnc1-c1cncc(C)c1. The number of ether oxygens (including phenoxy) is 2. The summed E-state index contributed by atoms with van der Waals surface area (Å²) in [5.74, 6) is -0.444. The number of para-hydroxylation sites is 1. The number of aliphatic hydroxyl groups is 1. The van der Waals surface area contributed by atoms with Crippen LogP contribution in [0, 0.1) is 24.1 Å². The van der Waals surface area contributed by atoms with Crippen molar-refractivity contribution in [2.45, 2.75) is 31.0 Å². The van der Waals surface area contributed by atoms with Gasteiger partial charge in [0.15, 0.2) is 21.5 Å². The normalized spacial score (nSPS) is 12.9. The molecule has 12 heteroatoms. The minimum Gasteiger partial charge on any atom is -0.494 e. The number of sulfone groups is 1. The van der Waals surface area contributed by atoms with Gasteiger partial charge in [-0.3, -0.25) is 9.55 Å². The van der Waals surface area contributed by atoms with Crippen molar-refractivity contribution in [1.29, 1.82) is 5.26 Å². The molecule has 4 rings (SSSR count). The third-order valence-corrected chi connectivity index (χ3v) is 8.33. The summed E-state index contributed by atoms with van der Waals surface area (Å²) >= 11 is 0. The highest BCUT2D eigenvalue weighted by Gasteiger charge is 2.34. The molecular formula is C27H26FN5O5S. The Morgan fingerprint density at radius 1 is 1.10 bits per heavy atom. The van der Waals surface area contributed by atoms with E-state index in [1.807, 2.05) is 13.0 Å². The predicted octanol–water partition coefficient (Wildman–Crippen LogP) is 3.70. The average molecular weight is 552 g/mol. The smallest absolute Gasteiger partial charge is 0.170 e. The van der Waals surface area contributed by atoms with Gasteiger partial charge in [0.2, 0.25) is 0 Å². The van der Waals surface area contributed by atoms with Crippen molar-refractivity contribution in [2.24, 2.45) is 0 Å². The molecule has 2 aromatic carbocycles. The van der Waals surface area contributed by atoms with Crippen molar-refractivity contribution in [3.8, 4) is 34.6 Å². The Labute approximate surface area is 225 Å². The zero-order valence-electron chi connectivity index (χ0n) is 21.7. The van der Waals surface area contributed by atoms with E-state index in [1.165, 1.54) is 37.8 Å². The number of pyridine rings is 1. The monoisotopic (exact) mass is 551 g/mol. The summed E-state index contributed by atoms with van der Waals surface area (Å²) in [5, 5.41) is 26.8. The van der Waals surface area contributed by atoms with Gasteiger partial charge < -0.3 is 14.6 Å². The van der Waals surface area contributed by atoms with Crippen LogP contribution in [-0.4, -0.2) is 52.7 Å². The molecule has 0 aliphatic rings. The van der Waals surface area contributed by atoms with Crippen LogP contribution >= 0.6 is 0 Å². The topological polar surface area (TPSA) is 140 Å². The molecule has 0 radical (unpaired) electrons. The molecule has 0 amide bonds. The number of nitriles is 1. The Hall–Kier alpha value is -4.34. The van der Waals surface area contributed by atoms with Crippen molar-refractivity contribution in [1.82, 2.24) is 19.7 Å². The van der Waals surface area contributed by atoms with E-state index in [9.17, 15) is 17.9 Å². The molecular weight excluding hydrogens is 525 g/mol. The molecule has 1 N–H and O–H groups in total. The van der Waals surface area contributed by atoms with Crippen LogP contribution < -0.4 is 9.47 Å². The molecule has 0 aliphatic carbocycles. The Morgan fingerprint density at radius 2 is 1.79 bits per heavy atom. The maximum atomic E-state index is 14.6. The highest BCUT2D eigenvalue weighted by Crippen LogP contribution is 2.37. The van der Waals surface area contributed by atoms with Gasteiger partial charge in [0.1, 0.15) is 28.8 Å². The molecule has 202 valence electrons.